The van der Waals surface area contributed by atoms with Gasteiger partial charge in [-0.05, 0) is 37.3 Å². The van der Waals surface area contributed by atoms with E-state index in [1.807, 2.05) is 12.1 Å². The largest absolute Gasteiger partial charge is 0.481 e. The monoisotopic (exact) mass is 277 g/mol. The van der Waals surface area contributed by atoms with E-state index in [4.69, 9.17) is 5.11 Å². The summed E-state index contributed by atoms with van der Waals surface area (Å²) in [5.41, 5.74) is 0.942. The number of aliphatic carboxylic acids is 1. The highest BCUT2D eigenvalue weighted by molar-refractivity contribution is 5.74. The molecule has 0 radical (unpaired) electrons. The van der Waals surface area contributed by atoms with Crippen molar-refractivity contribution in [3.63, 3.8) is 0 Å². The van der Waals surface area contributed by atoms with Gasteiger partial charge in [-0.2, -0.15) is 0 Å². The third-order valence-corrected chi connectivity index (χ3v) is 3.59. The van der Waals surface area contributed by atoms with Crippen LogP contribution in [0.4, 0.5) is 4.79 Å². The predicted octanol–water partition coefficient (Wildman–Crippen LogP) is 1.52. The second kappa shape index (κ2) is 6.88. The van der Waals surface area contributed by atoms with Gasteiger partial charge in [0.15, 0.2) is 0 Å². The van der Waals surface area contributed by atoms with Crippen LogP contribution in [0.1, 0.15) is 31.2 Å². The number of hydrogen-bond donors (Lipinski definition) is 3. The van der Waals surface area contributed by atoms with Crippen molar-refractivity contribution in [1.82, 2.24) is 15.6 Å². The normalized spacial score (nSPS) is 22.0. The lowest BCUT2D eigenvalue weighted by atomic mass is 9.86. The van der Waals surface area contributed by atoms with Crippen molar-refractivity contribution >= 4 is 12.0 Å². The summed E-state index contributed by atoms with van der Waals surface area (Å²) >= 11 is 0. The second-order valence-electron chi connectivity index (χ2n) is 5.08. The first-order valence-electron chi connectivity index (χ1n) is 6.81. The topological polar surface area (TPSA) is 91.3 Å². The highest BCUT2D eigenvalue weighted by atomic mass is 16.4. The van der Waals surface area contributed by atoms with Gasteiger partial charge in [0.05, 0.1) is 5.92 Å². The van der Waals surface area contributed by atoms with E-state index < -0.39 is 5.97 Å². The first kappa shape index (κ1) is 14.3. The van der Waals surface area contributed by atoms with Crippen LogP contribution in [0.5, 0.6) is 0 Å². The molecule has 0 bridgehead atoms. The van der Waals surface area contributed by atoms with Crippen molar-refractivity contribution in [2.75, 3.05) is 0 Å². The number of nitrogens with zero attached hydrogens (tertiary/aromatic N) is 1. The maximum absolute atomic E-state index is 11.7. The number of carbonyl (C=O) groups excluding carboxylic acids is 1. The van der Waals surface area contributed by atoms with Gasteiger partial charge in [0.25, 0.3) is 0 Å². The molecule has 1 heterocycles. The summed E-state index contributed by atoms with van der Waals surface area (Å²) < 4.78 is 0. The molecular formula is C14H19N3O3. The number of pyridine rings is 1. The minimum Gasteiger partial charge on any atom is -0.481 e. The molecule has 6 heteroatoms. The molecule has 1 aromatic heterocycles. The molecule has 0 aliphatic heterocycles. The lowest BCUT2D eigenvalue weighted by Crippen LogP contribution is -2.43. The standard InChI is InChI=1S/C14H19N3O3/c18-13(19)11-3-5-12(6-4-11)17-14(20)16-9-10-2-1-7-15-8-10/h1-2,7-8,11-12H,3-6,9H2,(H,18,19)(H2,16,17,20). The second-order valence-corrected chi connectivity index (χ2v) is 5.08. The van der Waals surface area contributed by atoms with Gasteiger partial charge < -0.3 is 15.7 Å². The number of aromatic nitrogens is 1. The molecule has 1 saturated carbocycles. The average Bonchev–Trinajstić information content (AvgIpc) is 2.47. The van der Waals surface area contributed by atoms with E-state index in [9.17, 15) is 9.59 Å². The van der Waals surface area contributed by atoms with Crippen LogP contribution in [0.3, 0.4) is 0 Å². The highest BCUT2D eigenvalue weighted by Crippen LogP contribution is 2.24. The molecule has 0 saturated heterocycles. The molecule has 1 aliphatic rings. The molecule has 1 fully saturated rings. The molecule has 1 aromatic rings. The number of hydrogen-bond acceptors (Lipinski definition) is 3. The summed E-state index contributed by atoms with van der Waals surface area (Å²) in [6.45, 7) is 0.435. The SMILES string of the molecule is O=C(NCc1cccnc1)NC1CCC(C(=O)O)CC1. The summed E-state index contributed by atoms with van der Waals surface area (Å²) in [6.07, 6.45) is 6.09. The smallest absolute Gasteiger partial charge is 0.315 e. The van der Waals surface area contributed by atoms with Gasteiger partial charge in [-0.3, -0.25) is 9.78 Å². The maximum Gasteiger partial charge on any atom is 0.315 e. The van der Waals surface area contributed by atoms with Gasteiger partial charge in [0, 0.05) is 25.0 Å². The van der Waals surface area contributed by atoms with Crippen molar-refractivity contribution in [3.8, 4) is 0 Å². The molecule has 1 aliphatic carbocycles. The summed E-state index contributed by atoms with van der Waals surface area (Å²) in [7, 11) is 0. The first-order chi connectivity index (χ1) is 9.65. The van der Waals surface area contributed by atoms with Crippen LogP contribution < -0.4 is 10.6 Å². The van der Waals surface area contributed by atoms with E-state index in [2.05, 4.69) is 15.6 Å². The molecule has 2 rings (SSSR count). The molecule has 0 aromatic carbocycles. The van der Waals surface area contributed by atoms with E-state index in [0.717, 1.165) is 18.4 Å². The highest BCUT2D eigenvalue weighted by Gasteiger charge is 2.26. The van der Waals surface area contributed by atoms with Crippen LogP contribution in [0.15, 0.2) is 24.5 Å². The van der Waals surface area contributed by atoms with Gasteiger partial charge in [-0.15, -0.1) is 0 Å². The Kier molecular flexibility index (Phi) is 4.92. The molecule has 0 atom stereocenters. The van der Waals surface area contributed by atoms with Crippen LogP contribution in [0.25, 0.3) is 0 Å². The first-order valence-corrected chi connectivity index (χ1v) is 6.81. The summed E-state index contributed by atoms with van der Waals surface area (Å²) in [6, 6.07) is 3.57. The number of carboxylic acids is 1. The van der Waals surface area contributed by atoms with Crippen LogP contribution in [-0.2, 0) is 11.3 Å². The van der Waals surface area contributed by atoms with E-state index in [-0.39, 0.29) is 18.0 Å². The fraction of sp³-hybridized carbons (Fsp3) is 0.500. The lowest BCUT2D eigenvalue weighted by Gasteiger charge is -2.26. The van der Waals surface area contributed by atoms with Gasteiger partial charge in [-0.1, -0.05) is 6.07 Å². The zero-order valence-corrected chi connectivity index (χ0v) is 11.2. The van der Waals surface area contributed by atoms with Gasteiger partial charge in [0.2, 0.25) is 0 Å². The quantitative estimate of drug-likeness (QED) is 0.778. The molecule has 2 amide bonds. The van der Waals surface area contributed by atoms with Gasteiger partial charge in [-0.25, -0.2) is 4.79 Å². The Labute approximate surface area is 117 Å². The fourth-order valence-electron chi connectivity index (χ4n) is 2.41. The Hall–Kier alpha value is -2.11. The minimum atomic E-state index is -0.732. The Morgan fingerprint density at radius 2 is 2.05 bits per heavy atom. The third kappa shape index (κ3) is 4.22. The number of urea groups is 1. The fourth-order valence-corrected chi connectivity index (χ4v) is 2.41. The van der Waals surface area contributed by atoms with E-state index in [1.165, 1.54) is 0 Å². The van der Waals surface area contributed by atoms with Crippen molar-refractivity contribution < 1.29 is 14.7 Å². The van der Waals surface area contributed by atoms with Crippen LogP contribution in [0.2, 0.25) is 0 Å². The Morgan fingerprint density at radius 1 is 1.30 bits per heavy atom. The Bertz CT molecular complexity index is 456. The number of carboxylic acid groups (broad SMARTS) is 1. The van der Waals surface area contributed by atoms with Crippen molar-refractivity contribution in [2.24, 2.45) is 5.92 Å². The molecular weight excluding hydrogens is 258 g/mol. The van der Waals surface area contributed by atoms with Gasteiger partial charge in [0.1, 0.15) is 0 Å². The number of carbonyl (C=O) groups is 2. The molecule has 6 nitrogen and oxygen atoms in total. The van der Waals surface area contributed by atoms with E-state index >= 15 is 0 Å². The van der Waals surface area contributed by atoms with Crippen molar-refractivity contribution in [2.45, 2.75) is 38.3 Å². The average molecular weight is 277 g/mol. The minimum absolute atomic E-state index is 0.0690. The Morgan fingerprint density at radius 3 is 2.65 bits per heavy atom. The third-order valence-electron chi connectivity index (χ3n) is 3.59. The van der Waals surface area contributed by atoms with E-state index in [1.54, 1.807) is 12.4 Å². The zero-order chi connectivity index (χ0) is 14.4. The van der Waals surface area contributed by atoms with Crippen LogP contribution in [-0.4, -0.2) is 28.1 Å². The lowest BCUT2D eigenvalue weighted by molar-refractivity contribution is -0.142. The predicted molar refractivity (Wildman–Crippen MR) is 73.0 cm³/mol. The van der Waals surface area contributed by atoms with Gasteiger partial charge >= 0.3 is 12.0 Å². The molecule has 0 unspecified atom stereocenters. The van der Waals surface area contributed by atoms with Crippen molar-refractivity contribution in [3.05, 3.63) is 30.1 Å². The summed E-state index contributed by atoms with van der Waals surface area (Å²) in [5.74, 6) is -0.990. The van der Waals surface area contributed by atoms with Crippen molar-refractivity contribution in [1.29, 1.82) is 0 Å². The van der Waals surface area contributed by atoms with E-state index in [0.29, 0.717) is 19.4 Å². The molecule has 108 valence electrons. The van der Waals surface area contributed by atoms with Crippen LogP contribution in [0, 0.1) is 5.92 Å². The summed E-state index contributed by atoms with van der Waals surface area (Å²) in [4.78, 5) is 26.6. The Balaban J connectivity index is 1.69. The number of amides is 2. The number of rotatable bonds is 4. The maximum atomic E-state index is 11.7. The number of nitrogens with one attached hydrogen (secondary N) is 2. The molecule has 20 heavy (non-hydrogen) atoms. The molecule has 0 spiro atoms. The van der Waals surface area contributed by atoms with Crippen LogP contribution >= 0.6 is 0 Å². The summed E-state index contributed by atoms with van der Waals surface area (Å²) in [5, 5.41) is 14.6. The molecule has 3 N–H and O–H groups in total. The zero-order valence-electron chi connectivity index (χ0n) is 11.2.